The lowest BCUT2D eigenvalue weighted by atomic mass is 10.1. The summed E-state index contributed by atoms with van der Waals surface area (Å²) in [6, 6.07) is 13.3. The van der Waals surface area contributed by atoms with Crippen molar-refractivity contribution in [3.63, 3.8) is 0 Å². The highest BCUT2D eigenvalue weighted by molar-refractivity contribution is 6.03. The topological polar surface area (TPSA) is 93.7 Å². The third-order valence-electron chi connectivity index (χ3n) is 3.95. The summed E-state index contributed by atoms with van der Waals surface area (Å²) in [6.45, 7) is 7.12. The molecule has 0 unspecified atom stereocenters. The van der Waals surface area contributed by atoms with Gasteiger partial charge in [0.1, 0.15) is 5.60 Å². The summed E-state index contributed by atoms with van der Waals surface area (Å²) in [6.07, 6.45) is -0.994. The molecule has 0 saturated carbocycles. The Morgan fingerprint density at radius 2 is 1.72 bits per heavy atom. The predicted octanol–water partition coefficient (Wildman–Crippen LogP) is 4.01. The van der Waals surface area contributed by atoms with E-state index in [1.54, 1.807) is 26.8 Å². The number of fused-ring (bicyclic) bond motifs is 1. The van der Waals surface area contributed by atoms with Crippen LogP contribution in [0.4, 0.5) is 10.5 Å². The van der Waals surface area contributed by atoms with Crippen molar-refractivity contribution >= 4 is 34.4 Å². The molecular formula is C22H28N2O5. The van der Waals surface area contributed by atoms with E-state index in [-0.39, 0.29) is 13.0 Å². The van der Waals surface area contributed by atoms with Crippen LogP contribution in [0.15, 0.2) is 42.5 Å². The molecule has 156 valence electrons. The minimum absolute atomic E-state index is 0.0850. The maximum Gasteiger partial charge on any atom is 0.407 e. The fourth-order valence-electron chi connectivity index (χ4n) is 2.62. The number of alkyl carbamates (subject to hydrolysis) is 1. The van der Waals surface area contributed by atoms with Crippen LogP contribution < -0.4 is 10.6 Å². The number of anilines is 1. The molecule has 0 fully saturated rings. The summed E-state index contributed by atoms with van der Waals surface area (Å²) in [7, 11) is 0. The molecule has 0 aromatic heterocycles. The first-order chi connectivity index (χ1) is 13.7. The molecule has 2 aromatic carbocycles. The molecule has 2 N–H and O–H groups in total. The van der Waals surface area contributed by atoms with Crippen LogP contribution in [0, 0.1) is 0 Å². The van der Waals surface area contributed by atoms with Gasteiger partial charge in [-0.15, -0.1) is 0 Å². The maximum absolute atomic E-state index is 12.4. The fraction of sp³-hybridized carbons (Fsp3) is 0.409. The van der Waals surface area contributed by atoms with Crippen LogP contribution in [-0.4, -0.2) is 36.2 Å². The predicted molar refractivity (Wildman–Crippen MR) is 112 cm³/mol. The average Bonchev–Trinajstić information content (AvgIpc) is 2.64. The fourth-order valence-corrected chi connectivity index (χ4v) is 2.62. The van der Waals surface area contributed by atoms with Crippen LogP contribution in [0.5, 0.6) is 0 Å². The normalized spacial score (nSPS) is 12.1. The molecule has 0 bridgehead atoms. The summed E-state index contributed by atoms with van der Waals surface area (Å²) >= 11 is 0. The van der Waals surface area contributed by atoms with Crippen LogP contribution >= 0.6 is 0 Å². The van der Waals surface area contributed by atoms with Crippen molar-refractivity contribution in [2.24, 2.45) is 0 Å². The zero-order valence-corrected chi connectivity index (χ0v) is 17.3. The highest BCUT2D eigenvalue weighted by Gasteiger charge is 2.19. The number of nitrogens with one attached hydrogen (secondary N) is 2. The summed E-state index contributed by atoms with van der Waals surface area (Å²) in [5, 5.41) is 7.30. The molecule has 2 aromatic rings. The summed E-state index contributed by atoms with van der Waals surface area (Å²) < 4.78 is 10.3. The molecule has 0 aliphatic rings. The second kappa shape index (κ2) is 9.91. The van der Waals surface area contributed by atoms with E-state index >= 15 is 0 Å². The zero-order valence-electron chi connectivity index (χ0n) is 17.3. The quantitative estimate of drug-likeness (QED) is 0.541. The number of ether oxygens (including phenoxy) is 2. The second-order valence-electron chi connectivity index (χ2n) is 7.68. The van der Waals surface area contributed by atoms with Crippen molar-refractivity contribution in [2.75, 3.05) is 11.9 Å². The first kappa shape index (κ1) is 22.2. The largest absolute Gasteiger partial charge is 0.453 e. The van der Waals surface area contributed by atoms with Crippen LogP contribution in [0.25, 0.3) is 10.8 Å². The van der Waals surface area contributed by atoms with Crippen molar-refractivity contribution in [2.45, 2.75) is 52.2 Å². The highest BCUT2D eigenvalue weighted by Crippen LogP contribution is 2.23. The maximum atomic E-state index is 12.4. The van der Waals surface area contributed by atoms with Crippen molar-refractivity contribution < 1.29 is 23.9 Å². The molecule has 29 heavy (non-hydrogen) atoms. The van der Waals surface area contributed by atoms with Gasteiger partial charge in [-0.05, 0) is 45.6 Å². The van der Waals surface area contributed by atoms with E-state index in [9.17, 15) is 14.4 Å². The van der Waals surface area contributed by atoms with Crippen molar-refractivity contribution in [3.8, 4) is 0 Å². The van der Waals surface area contributed by atoms with E-state index in [0.29, 0.717) is 12.1 Å². The third kappa shape index (κ3) is 7.44. The molecule has 0 aliphatic heterocycles. The minimum Gasteiger partial charge on any atom is -0.453 e. The second-order valence-corrected chi connectivity index (χ2v) is 7.68. The molecule has 2 rings (SSSR count). The molecule has 0 saturated heterocycles. The number of amides is 2. The molecular weight excluding hydrogens is 372 g/mol. The smallest absolute Gasteiger partial charge is 0.407 e. The van der Waals surface area contributed by atoms with Gasteiger partial charge in [0.25, 0.3) is 5.91 Å². The Hall–Kier alpha value is -3.09. The van der Waals surface area contributed by atoms with Gasteiger partial charge in [0.2, 0.25) is 0 Å². The first-order valence-electron chi connectivity index (χ1n) is 9.60. The van der Waals surface area contributed by atoms with Crippen LogP contribution in [-0.2, 0) is 19.1 Å². The van der Waals surface area contributed by atoms with Gasteiger partial charge in [0.05, 0.1) is 0 Å². The van der Waals surface area contributed by atoms with Crippen molar-refractivity contribution in [3.05, 3.63) is 42.5 Å². The lowest BCUT2D eigenvalue weighted by Gasteiger charge is -2.19. The van der Waals surface area contributed by atoms with Gasteiger partial charge in [0.15, 0.2) is 6.10 Å². The Labute approximate surface area is 170 Å². The zero-order chi connectivity index (χ0) is 21.4. The molecule has 0 aliphatic carbocycles. The number of benzene rings is 2. The van der Waals surface area contributed by atoms with Gasteiger partial charge in [-0.2, -0.15) is 0 Å². The van der Waals surface area contributed by atoms with Crippen LogP contribution in [0.2, 0.25) is 0 Å². The number of hydrogen-bond acceptors (Lipinski definition) is 5. The highest BCUT2D eigenvalue weighted by atomic mass is 16.6. The van der Waals surface area contributed by atoms with Crippen molar-refractivity contribution in [1.29, 1.82) is 0 Å². The lowest BCUT2D eigenvalue weighted by molar-refractivity contribution is -0.153. The molecule has 1 atom stereocenters. The monoisotopic (exact) mass is 400 g/mol. The van der Waals surface area contributed by atoms with Gasteiger partial charge in [-0.3, -0.25) is 9.59 Å². The molecule has 0 spiro atoms. The van der Waals surface area contributed by atoms with E-state index in [1.807, 2.05) is 36.4 Å². The van der Waals surface area contributed by atoms with Crippen molar-refractivity contribution in [1.82, 2.24) is 5.32 Å². The number of carbonyl (C=O) groups is 3. The first-order valence-corrected chi connectivity index (χ1v) is 9.60. The summed E-state index contributed by atoms with van der Waals surface area (Å²) in [5.74, 6) is -0.904. The number of hydrogen-bond donors (Lipinski definition) is 2. The van der Waals surface area contributed by atoms with Gasteiger partial charge in [-0.25, -0.2) is 4.79 Å². The van der Waals surface area contributed by atoms with E-state index in [0.717, 1.165) is 10.8 Å². The molecule has 2 amide bonds. The minimum atomic E-state index is -0.930. The number of rotatable bonds is 7. The van der Waals surface area contributed by atoms with Gasteiger partial charge >= 0.3 is 12.1 Å². The van der Waals surface area contributed by atoms with Gasteiger partial charge < -0.3 is 20.1 Å². The van der Waals surface area contributed by atoms with E-state index in [1.165, 1.54) is 6.92 Å². The molecule has 0 heterocycles. The van der Waals surface area contributed by atoms with Gasteiger partial charge in [-0.1, -0.05) is 36.4 Å². The van der Waals surface area contributed by atoms with E-state index < -0.39 is 29.7 Å². The number of esters is 1. The Bertz CT molecular complexity index is 868. The standard InChI is InChI=1S/C22H28N2O5/c1-15(28-19(25)13-8-14-23-21(27)29-22(2,3)4)20(26)24-18-12-7-10-16-9-5-6-11-17(16)18/h5-7,9-12,15H,8,13-14H2,1-4H3,(H,23,27)(H,24,26)/t15-/m1/s1. The molecule has 7 nitrogen and oxygen atoms in total. The summed E-state index contributed by atoms with van der Waals surface area (Å²) in [4.78, 5) is 35.9. The third-order valence-corrected chi connectivity index (χ3v) is 3.95. The Morgan fingerprint density at radius 3 is 2.45 bits per heavy atom. The SMILES string of the molecule is C[C@@H](OC(=O)CCCNC(=O)OC(C)(C)C)C(=O)Nc1cccc2ccccc12. The Kier molecular flexibility index (Phi) is 7.59. The van der Waals surface area contributed by atoms with E-state index in [2.05, 4.69) is 10.6 Å². The summed E-state index contributed by atoms with van der Waals surface area (Å²) in [5.41, 5.74) is 0.0909. The van der Waals surface area contributed by atoms with Gasteiger partial charge in [0, 0.05) is 24.0 Å². The lowest BCUT2D eigenvalue weighted by Crippen LogP contribution is -2.33. The Morgan fingerprint density at radius 1 is 1.03 bits per heavy atom. The Balaban J connectivity index is 1.76. The molecule has 0 radical (unpaired) electrons. The van der Waals surface area contributed by atoms with Crippen LogP contribution in [0.3, 0.4) is 0 Å². The number of carbonyl (C=O) groups excluding carboxylic acids is 3. The van der Waals surface area contributed by atoms with E-state index in [4.69, 9.17) is 9.47 Å². The van der Waals surface area contributed by atoms with Crippen LogP contribution in [0.1, 0.15) is 40.5 Å². The molecule has 7 heteroatoms. The average molecular weight is 400 g/mol.